The molecule has 0 bridgehead atoms. The number of halogens is 1. The van der Waals surface area contributed by atoms with Crippen LogP contribution in [0, 0.1) is 5.82 Å². The highest BCUT2D eigenvalue weighted by Crippen LogP contribution is 2.26. The number of methoxy groups -OCH3 is 1. The topological polar surface area (TPSA) is 49.9 Å². The summed E-state index contributed by atoms with van der Waals surface area (Å²) in [6.45, 7) is 2.02. The van der Waals surface area contributed by atoms with Gasteiger partial charge in [-0.1, -0.05) is 6.07 Å². The third kappa shape index (κ3) is 2.67. The van der Waals surface area contributed by atoms with Crippen LogP contribution in [0.5, 0.6) is 5.75 Å². The minimum atomic E-state index is -0.354. The van der Waals surface area contributed by atoms with Crippen molar-refractivity contribution < 1.29 is 9.13 Å². The highest BCUT2D eigenvalue weighted by molar-refractivity contribution is 5.81. The number of rotatable bonds is 4. The third-order valence-electron chi connectivity index (χ3n) is 3.50. The number of benzene rings is 2. The van der Waals surface area contributed by atoms with E-state index in [0.29, 0.717) is 0 Å². The fourth-order valence-electron chi connectivity index (χ4n) is 2.31. The zero-order chi connectivity index (χ0) is 14.8. The van der Waals surface area contributed by atoms with Gasteiger partial charge in [0.15, 0.2) is 11.6 Å². The molecular formula is C16H16FN3O. The third-order valence-corrected chi connectivity index (χ3v) is 3.50. The predicted octanol–water partition coefficient (Wildman–Crippen LogP) is 3.88. The standard InChI is InChI=1S/C16H16FN3O/c1-10(11-4-6-14(17)16(7-11)21-2)19-13-5-3-12-9-18-20-15(12)8-13/h3-10,19H,1-2H3,(H,18,20). The van der Waals surface area contributed by atoms with E-state index in [1.165, 1.54) is 13.2 Å². The maximum absolute atomic E-state index is 13.4. The largest absolute Gasteiger partial charge is 0.494 e. The number of hydrogen-bond donors (Lipinski definition) is 2. The summed E-state index contributed by atoms with van der Waals surface area (Å²) in [4.78, 5) is 0. The minimum absolute atomic E-state index is 0.0277. The summed E-state index contributed by atoms with van der Waals surface area (Å²) >= 11 is 0. The molecule has 1 heterocycles. The normalized spacial score (nSPS) is 12.3. The van der Waals surface area contributed by atoms with Crippen molar-refractivity contribution in [1.29, 1.82) is 0 Å². The summed E-state index contributed by atoms with van der Waals surface area (Å²) in [5, 5.41) is 11.4. The van der Waals surface area contributed by atoms with Crippen LogP contribution in [0.3, 0.4) is 0 Å². The Morgan fingerprint density at radius 1 is 1.24 bits per heavy atom. The van der Waals surface area contributed by atoms with Crippen molar-refractivity contribution in [3.05, 3.63) is 54.0 Å². The quantitative estimate of drug-likeness (QED) is 0.764. The first-order chi connectivity index (χ1) is 10.2. The monoisotopic (exact) mass is 285 g/mol. The number of nitrogens with zero attached hydrogens (tertiary/aromatic N) is 1. The summed E-state index contributed by atoms with van der Waals surface area (Å²) < 4.78 is 18.5. The van der Waals surface area contributed by atoms with E-state index in [-0.39, 0.29) is 17.6 Å². The molecule has 0 amide bonds. The number of fused-ring (bicyclic) bond motifs is 1. The van der Waals surface area contributed by atoms with Gasteiger partial charge in [0.2, 0.25) is 0 Å². The second-order valence-electron chi connectivity index (χ2n) is 4.93. The van der Waals surface area contributed by atoms with Crippen LogP contribution in [-0.4, -0.2) is 17.3 Å². The number of hydrogen-bond acceptors (Lipinski definition) is 3. The Labute approximate surface area is 121 Å². The molecule has 1 aromatic heterocycles. The van der Waals surface area contributed by atoms with E-state index in [1.807, 2.05) is 25.1 Å². The van der Waals surface area contributed by atoms with Crippen LogP contribution in [0.15, 0.2) is 42.6 Å². The first-order valence-corrected chi connectivity index (χ1v) is 6.70. The second kappa shape index (κ2) is 5.44. The van der Waals surface area contributed by atoms with Crippen LogP contribution in [0.4, 0.5) is 10.1 Å². The van der Waals surface area contributed by atoms with Crippen LogP contribution in [0.2, 0.25) is 0 Å². The molecule has 3 aromatic rings. The van der Waals surface area contributed by atoms with Gasteiger partial charge >= 0.3 is 0 Å². The van der Waals surface area contributed by atoms with E-state index in [4.69, 9.17) is 4.74 Å². The zero-order valence-electron chi connectivity index (χ0n) is 11.9. The van der Waals surface area contributed by atoms with Crippen LogP contribution >= 0.6 is 0 Å². The molecule has 2 aromatic carbocycles. The summed E-state index contributed by atoms with van der Waals surface area (Å²) in [6, 6.07) is 10.9. The SMILES string of the molecule is COc1cc(C(C)Nc2ccc3cn[nH]c3c2)ccc1F. The minimum Gasteiger partial charge on any atom is -0.494 e. The van der Waals surface area contributed by atoms with Gasteiger partial charge in [-0.2, -0.15) is 5.10 Å². The maximum Gasteiger partial charge on any atom is 0.165 e. The molecule has 0 fully saturated rings. The van der Waals surface area contributed by atoms with Crippen molar-refractivity contribution in [2.45, 2.75) is 13.0 Å². The van der Waals surface area contributed by atoms with Gasteiger partial charge in [-0.15, -0.1) is 0 Å². The zero-order valence-corrected chi connectivity index (χ0v) is 11.9. The molecule has 0 spiro atoms. The lowest BCUT2D eigenvalue weighted by Gasteiger charge is -2.16. The Morgan fingerprint density at radius 3 is 2.90 bits per heavy atom. The number of ether oxygens (including phenoxy) is 1. The van der Waals surface area contributed by atoms with Gasteiger partial charge < -0.3 is 10.1 Å². The van der Waals surface area contributed by atoms with Gasteiger partial charge in [0.25, 0.3) is 0 Å². The van der Waals surface area contributed by atoms with Crippen LogP contribution in [-0.2, 0) is 0 Å². The molecule has 0 aliphatic heterocycles. The van der Waals surface area contributed by atoms with Gasteiger partial charge in [-0.3, -0.25) is 5.10 Å². The van der Waals surface area contributed by atoms with Crippen molar-refractivity contribution in [2.24, 2.45) is 0 Å². The van der Waals surface area contributed by atoms with Gasteiger partial charge in [-0.05, 0) is 42.8 Å². The summed E-state index contributed by atoms with van der Waals surface area (Å²) in [7, 11) is 1.46. The van der Waals surface area contributed by atoms with Crippen molar-refractivity contribution in [3.63, 3.8) is 0 Å². The van der Waals surface area contributed by atoms with E-state index in [2.05, 4.69) is 15.5 Å². The predicted molar refractivity (Wildman–Crippen MR) is 81.1 cm³/mol. The highest BCUT2D eigenvalue weighted by Gasteiger charge is 2.10. The van der Waals surface area contributed by atoms with E-state index in [1.54, 1.807) is 18.3 Å². The Kier molecular flexibility index (Phi) is 3.48. The molecule has 3 rings (SSSR count). The Morgan fingerprint density at radius 2 is 2.10 bits per heavy atom. The average Bonchev–Trinajstić information content (AvgIpc) is 2.95. The fraction of sp³-hybridized carbons (Fsp3) is 0.188. The first-order valence-electron chi connectivity index (χ1n) is 6.70. The molecule has 0 aliphatic carbocycles. The van der Waals surface area contributed by atoms with Gasteiger partial charge in [0, 0.05) is 17.1 Å². The van der Waals surface area contributed by atoms with E-state index < -0.39 is 0 Å². The Hall–Kier alpha value is -2.56. The molecular weight excluding hydrogens is 269 g/mol. The summed E-state index contributed by atoms with van der Waals surface area (Å²) in [6.07, 6.45) is 1.79. The second-order valence-corrected chi connectivity index (χ2v) is 4.93. The van der Waals surface area contributed by atoms with Crippen LogP contribution in [0.25, 0.3) is 10.9 Å². The van der Waals surface area contributed by atoms with Crippen molar-refractivity contribution >= 4 is 16.6 Å². The molecule has 4 nitrogen and oxygen atoms in total. The lowest BCUT2D eigenvalue weighted by Crippen LogP contribution is -2.07. The summed E-state index contributed by atoms with van der Waals surface area (Å²) in [5.74, 6) is -0.0995. The van der Waals surface area contributed by atoms with Crippen molar-refractivity contribution in [3.8, 4) is 5.75 Å². The number of aromatic nitrogens is 2. The molecule has 1 unspecified atom stereocenters. The van der Waals surface area contributed by atoms with Crippen molar-refractivity contribution in [2.75, 3.05) is 12.4 Å². The molecule has 0 saturated heterocycles. The van der Waals surface area contributed by atoms with E-state index in [0.717, 1.165) is 22.2 Å². The molecule has 2 N–H and O–H groups in total. The molecule has 0 saturated carbocycles. The molecule has 108 valence electrons. The number of anilines is 1. The van der Waals surface area contributed by atoms with Gasteiger partial charge in [0.1, 0.15) is 0 Å². The van der Waals surface area contributed by atoms with Gasteiger partial charge in [0.05, 0.1) is 18.8 Å². The molecule has 21 heavy (non-hydrogen) atoms. The fourth-order valence-corrected chi connectivity index (χ4v) is 2.31. The van der Waals surface area contributed by atoms with Crippen LogP contribution in [0.1, 0.15) is 18.5 Å². The highest BCUT2D eigenvalue weighted by atomic mass is 19.1. The molecule has 5 heteroatoms. The Bertz CT molecular complexity index is 769. The summed E-state index contributed by atoms with van der Waals surface area (Å²) in [5.41, 5.74) is 2.91. The lowest BCUT2D eigenvalue weighted by atomic mass is 10.1. The van der Waals surface area contributed by atoms with E-state index in [9.17, 15) is 4.39 Å². The number of nitrogens with one attached hydrogen (secondary N) is 2. The van der Waals surface area contributed by atoms with E-state index >= 15 is 0 Å². The van der Waals surface area contributed by atoms with Gasteiger partial charge in [-0.25, -0.2) is 4.39 Å². The molecule has 0 radical (unpaired) electrons. The first kappa shape index (κ1) is 13.4. The molecule has 0 aliphatic rings. The average molecular weight is 285 g/mol. The smallest absolute Gasteiger partial charge is 0.165 e. The number of aromatic amines is 1. The lowest BCUT2D eigenvalue weighted by molar-refractivity contribution is 0.385. The van der Waals surface area contributed by atoms with Crippen LogP contribution < -0.4 is 10.1 Å². The Balaban J connectivity index is 1.83. The maximum atomic E-state index is 13.4. The number of H-pyrrole nitrogens is 1. The van der Waals surface area contributed by atoms with Crippen molar-refractivity contribution in [1.82, 2.24) is 10.2 Å². The molecule has 1 atom stereocenters.